The van der Waals surface area contributed by atoms with Crippen molar-refractivity contribution in [1.29, 1.82) is 0 Å². The first-order valence-corrected chi connectivity index (χ1v) is 8.08. The lowest BCUT2D eigenvalue weighted by molar-refractivity contribution is 0.268. The Balaban J connectivity index is 1.68. The van der Waals surface area contributed by atoms with Gasteiger partial charge in [0.2, 0.25) is 0 Å². The summed E-state index contributed by atoms with van der Waals surface area (Å²) in [6, 6.07) is 0.814. The van der Waals surface area contributed by atoms with Crippen molar-refractivity contribution in [2.75, 3.05) is 6.54 Å². The maximum absolute atomic E-state index is 3.85. The number of nitrogens with one attached hydrogen (secondary N) is 1. The molecule has 1 saturated carbocycles. The van der Waals surface area contributed by atoms with Crippen LogP contribution < -0.4 is 5.32 Å². The number of rotatable bonds is 4. The Morgan fingerprint density at radius 3 is 2.50 bits per heavy atom. The average Bonchev–Trinajstić information content (AvgIpc) is 2.36. The highest BCUT2D eigenvalue weighted by atomic mass is 14.9. The first-order valence-electron chi connectivity index (χ1n) is 8.08. The van der Waals surface area contributed by atoms with E-state index in [2.05, 4.69) is 32.2 Å². The molecule has 0 aliphatic heterocycles. The highest BCUT2D eigenvalue weighted by Gasteiger charge is 2.22. The van der Waals surface area contributed by atoms with E-state index in [0.717, 1.165) is 23.8 Å². The minimum Gasteiger partial charge on any atom is -0.314 e. The Labute approximate surface area is 113 Å². The van der Waals surface area contributed by atoms with Gasteiger partial charge in [-0.25, -0.2) is 0 Å². The highest BCUT2D eigenvalue weighted by molar-refractivity contribution is 5.06. The fourth-order valence-corrected chi connectivity index (χ4v) is 3.95. The van der Waals surface area contributed by atoms with Gasteiger partial charge < -0.3 is 5.32 Å². The molecule has 2 aliphatic carbocycles. The average molecular weight is 249 g/mol. The van der Waals surface area contributed by atoms with E-state index in [9.17, 15) is 0 Å². The second-order valence-corrected chi connectivity index (χ2v) is 6.83. The van der Waals surface area contributed by atoms with Crippen LogP contribution in [0, 0.1) is 17.8 Å². The summed E-state index contributed by atoms with van der Waals surface area (Å²) in [7, 11) is 0. The molecule has 1 heteroatoms. The van der Waals surface area contributed by atoms with E-state index in [1.165, 1.54) is 51.5 Å². The molecule has 2 aliphatic rings. The lowest BCUT2D eigenvalue weighted by Crippen LogP contribution is -2.37. The van der Waals surface area contributed by atoms with Crippen LogP contribution in [0.15, 0.2) is 11.6 Å². The molecule has 0 aromatic heterocycles. The predicted octanol–water partition coefficient (Wildman–Crippen LogP) is 4.54. The van der Waals surface area contributed by atoms with Gasteiger partial charge in [0.25, 0.3) is 0 Å². The molecule has 18 heavy (non-hydrogen) atoms. The maximum atomic E-state index is 3.85. The number of hydrogen-bond donors (Lipinski definition) is 1. The summed E-state index contributed by atoms with van der Waals surface area (Å²) in [6.07, 6.45) is 12.3. The largest absolute Gasteiger partial charge is 0.314 e. The van der Waals surface area contributed by atoms with Crippen LogP contribution in [0.4, 0.5) is 0 Å². The Morgan fingerprint density at radius 1 is 1.17 bits per heavy atom. The van der Waals surface area contributed by atoms with Gasteiger partial charge in [0.05, 0.1) is 0 Å². The number of allylic oxidation sites excluding steroid dienone is 2. The summed E-state index contributed by atoms with van der Waals surface area (Å²) in [5, 5.41) is 3.85. The molecule has 0 aromatic rings. The monoisotopic (exact) mass is 249 g/mol. The van der Waals surface area contributed by atoms with E-state index in [-0.39, 0.29) is 0 Å². The van der Waals surface area contributed by atoms with Crippen LogP contribution in [0.3, 0.4) is 0 Å². The van der Waals surface area contributed by atoms with Gasteiger partial charge in [0.1, 0.15) is 0 Å². The Morgan fingerprint density at radius 2 is 1.89 bits per heavy atom. The summed E-state index contributed by atoms with van der Waals surface area (Å²) in [5.41, 5.74) is 1.61. The van der Waals surface area contributed by atoms with Gasteiger partial charge >= 0.3 is 0 Å². The van der Waals surface area contributed by atoms with Crippen molar-refractivity contribution in [2.45, 2.75) is 71.8 Å². The van der Waals surface area contributed by atoms with Crippen molar-refractivity contribution in [3.63, 3.8) is 0 Å². The molecule has 1 N–H and O–H groups in total. The Kier molecular flexibility index (Phi) is 5.29. The number of hydrogen-bond acceptors (Lipinski definition) is 1. The predicted molar refractivity (Wildman–Crippen MR) is 79.7 cm³/mol. The molecule has 0 amide bonds. The van der Waals surface area contributed by atoms with Crippen molar-refractivity contribution in [2.24, 2.45) is 17.8 Å². The van der Waals surface area contributed by atoms with Crippen molar-refractivity contribution >= 4 is 0 Å². The molecular formula is C17H31N. The van der Waals surface area contributed by atoms with Crippen molar-refractivity contribution in [3.05, 3.63) is 11.6 Å². The molecule has 0 heterocycles. The molecule has 0 bridgehead atoms. The molecule has 0 saturated heterocycles. The minimum atomic E-state index is 0.793. The normalized spacial score (nSPS) is 37.4. The summed E-state index contributed by atoms with van der Waals surface area (Å²) in [4.78, 5) is 0. The van der Waals surface area contributed by atoms with Crippen molar-refractivity contribution in [3.8, 4) is 0 Å². The van der Waals surface area contributed by atoms with E-state index >= 15 is 0 Å². The van der Waals surface area contributed by atoms with E-state index < -0.39 is 0 Å². The van der Waals surface area contributed by atoms with Gasteiger partial charge in [-0.1, -0.05) is 31.9 Å². The molecule has 1 fully saturated rings. The second kappa shape index (κ2) is 6.75. The molecule has 2 rings (SSSR count). The van der Waals surface area contributed by atoms with Gasteiger partial charge in [-0.05, 0) is 69.7 Å². The molecule has 0 aromatic carbocycles. The van der Waals surface area contributed by atoms with E-state index in [4.69, 9.17) is 0 Å². The fourth-order valence-electron chi connectivity index (χ4n) is 3.95. The zero-order valence-corrected chi connectivity index (χ0v) is 12.5. The summed E-state index contributed by atoms with van der Waals surface area (Å²) in [6.45, 7) is 8.26. The highest BCUT2D eigenvalue weighted by Crippen LogP contribution is 2.29. The third-order valence-electron chi connectivity index (χ3n) is 5.00. The zero-order valence-electron chi connectivity index (χ0n) is 12.5. The van der Waals surface area contributed by atoms with Crippen LogP contribution in [0.2, 0.25) is 0 Å². The third kappa shape index (κ3) is 4.12. The van der Waals surface area contributed by atoms with E-state index in [1.807, 2.05) is 0 Å². The molecule has 104 valence electrons. The van der Waals surface area contributed by atoms with Gasteiger partial charge in [-0.15, -0.1) is 0 Å². The van der Waals surface area contributed by atoms with Crippen LogP contribution in [0.5, 0.6) is 0 Å². The lowest BCUT2D eigenvalue weighted by atomic mass is 9.82. The van der Waals surface area contributed by atoms with E-state index in [1.54, 1.807) is 5.57 Å². The second-order valence-electron chi connectivity index (χ2n) is 6.83. The SMILES string of the molecule is CCC1CCC(NCC2CC(C)=CC(C)C2)CC1. The quantitative estimate of drug-likeness (QED) is 0.721. The van der Waals surface area contributed by atoms with Crippen LogP contribution in [0.1, 0.15) is 65.7 Å². The molecule has 2 atom stereocenters. The van der Waals surface area contributed by atoms with Crippen molar-refractivity contribution < 1.29 is 0 Å². The van der Waals surface area contributed by atoms with Gasteiger partial charge in [0.15, 0.2) is 0 Å². The van der Waals surface area contributed by atoms with Crippen LogP contribution in [-0.2, 0) is 0 Å². The zero-order chi connectivity index (χ0) is 13.0. The van der Waals surface area contributed by atoms with Crippen LogP contribution in [0.25, 0.3) is 0 Å². The standard InChI is InChI=1S/C17H31N/c1-4-15-5-7-17(8-6-15)18-12-16-10-13(2)9-14(3)11-16/h9,13,15-18H,4-8,10-12H2,1-3H3. The Bertz CT molecular complexity index is 273. The van der Waals surface area contributed by atoms with Crippen LogP contribution in [-0.4, -0.2) is 12.6 Å². The Hall–Kier alpha value is -0.300. The van der Waals surface area contributed by atoms with Gasteiger partial charge in [0, 0.05) is 6.04 Å². The first kappa shape index (κ1) is 14.1. The summed E-state index contributed by atoms with van der Waals surface area (Å²) >= 11 is 0. The third-order valence-corrected chi connectivity index (χ3v) is 5.00. The fraction of sp³-hybridized carbons (Fsp3) is 0.882. The molecule has 1 nitrogen and oxygen atoms in total. The molecule has 2 unspecified atom stereocenters. The van der Waals surface area contributed by atoms with Crippen LogP contribution >= 0.6 is 0 Å². The molecular weight excluding hydrogens is 218 g/mol. The smallest absolute Gasteiger partial charge is 0.00673 e. The summed E-state index contributed by atoms with van der Waals surface area (Å²) in [5.74, 6) is 2.69. The molecule has 0 radical (unpaired) electrons. The topological polar surface area (TPSA) is 12.0 Å². The molecule has 0 spiro atoms. The maximum Gasteiger partial charge on any atom is 0.00673 e. The lowest BCUT2D eigenvalue weighted by Gasteiger charge is -2.31. The first-order chi connectivity index (χ1) is 8.67. The van der Waals surface area contributed by atoms with E-state index in [0.29, 0.717) is 0 Å². The van der Waals surface area contributed by atoms with Crippen molar-refractivity contribution in [1.82, 2.24) is 5.32 Å². The van der Waals surface area contributed by atoms with Gasteiger partial charge in [-0.2, -0.15) is 0 Å². The minimum absolute atomic E-state index is 0.793. The summed E-state index contributed by atoms with van der Waals surface area (Å²) < 4.78 is 0. The van der Waals surface area contributed by atoms with Gasteiger partial charge in [-0.3, -0.25) is 0 Å².